The van der Waals surface area contributed by atoms with Crippen LogP contribution in [0.3, 0.4) is 0 Å². The molecule has 0 bridgehead atoms. The normalized spacial score (nSPS) is 19.1. The van der Waals surface area contributed by atoms with E-state index in [4.69, 9.17) is 5.73 Å². The third-order valence-corrected chi connectivity index (χ3v) is 6.73. The third-order valence-electron chi connectivity index (χ3n) is 4.86. The van der Waals surface area contributed by atoms with Crippen LogP contribution in [0.4, 0.5) is 0 Å². The van der Waals surface area contributed by atoms with Crippen LogP contribution in [0.2, 0.25) is 0 Å². The highest BCUT2D eigenvalue weighted by Gasteiger charge is 2.34. The second kappa shape index (κ2) is 9.08. The number of sulfone groups is 1. The predicted octanol–water partition coefficient (Wildman–Crippen LogP) is 1.99. The molecule has 0 heterocycles. The maximum Gasteiger partial charge on any atom is 0.223 e. The van der Waals surface area contributed by atoms with Crippen molar-refractivity contribution in [3.05, 3.63) is 0 Å². The molecule has 0 radical (unpaired) electrons. The van der Waals surface area contributed by atoms with Gasteiger partial charge in [0.15, 0.2) is 9.84 Å². The highest BCUT2D eigenvalue weighted by molar-refractivity contribution is 7.91. The molecular formula is C15H31ClN2O3S. The Morgan fingerprint density at radius 1 is 1.27 bits per heavy atom. The minimum Gasteiger partial charge on any atom is -0.342 e. The first-order valence-corrected chi connectivity index (χ1v) is 9.73. The fourth-order valence-corrected chi connectivity index (χ4v) is 4.24. The largest absolute Gasteiger partial charge is 0.342 e. The van der Waals surface area contributed by atoms with Gasteiger partial charge in [0.2, 0.25) is 5.91 Å². The monoisotopic (exact) mass is 354 g/mol. The molecule has 1 amide bonds. The van der Waals surface area contributed by atoms with Crippen molar-refractivity contribution in [2.45, 2.75) is 58.4 Å². The van der Waals surface area contributed by atoms with E-state index >= 15 is 0 Å². The summed E-state index contributed by atoms with van der Waals surface area (Å²) in [5.41, 5.74) is 5.84. The maximum absolute atomic E-state index is 12.5. The minimum absolute atomic E-state index is 0. The second-order valence-corrected chi connectivity index (χ2v) is 8.89. The molecule has 2 N–H and O–H groups in total. The Morgan fingerprint density at radius 3 is 2.27 bits per heavy atom. The molecule has 0 aromatic heterocycles. The van der Waals surface area contributed by atoms with Gasteiger partial charge in [-0.3, -0.25) is 4.79 Å². The summed E-state index contributed by atoms with van der Waals surface area (Å²) < 4.78 is 23.4. The van der Waals surface area contributed by atoms with Crippen LogP contribution in [0, 0.1) is 5.41 Å². The zero-order chi connectivity index (χ0) is 16.1. The van der Waals surface area contributed by atoms with Crippen LogP contribution in [0.5, 0.6) is 0 Å². The van der Waals surface area contributed by atoms with Crippen molar-refractivity contribution < 1.29 is 13.2 Å². The number of nitrogens with zero attached hydrogens (tertiary/aromatic N) is 1. The van der Waals surface area contributed by atoms with Crippen LogP contribution in [0.15, 0.2) is 0 Å². The molecule has 0 aromatic rings. The van der Waals surface area contributed by atoms with Gasteiger partial charge in [0, 0.05) is 25.3 Å². The fraction of sp³-hybridized carbons (Fsp3) is 0.933. The number of rotatable bonds is 7. The molecule has 1 aliphatic rings. The van der Waals surface area contributed by atoms with Gasteiger partial charge < -0.3 is 10.6 Å². The highest BCUT2D eigenvalue weighted by Crippen LogP contribution is 2.38. The average Bonchev–Trinajstić information content (AvgIpc) is 2.46. The Bertz CT molecular complexity index is 448. The molecule has 0 aromatic carbocycles. The first-order chi connectivity index (χ1) is 9.75. The van der Waals surface area contributed by atoms with Crippen molar-refractivity contribution in [1.82, 2.24) is 4.90 Å². The zero-order valence-corrected chi connectivity index (χ0v) is 15.6. The lowest BCUT2D eigenvalue weighted by Gasteiger charge is -2.37. The summed E-state index contributed by atoms with van der Waals surface area (Å²) in [6, 6.07) is -0.291. The summed E-state index contributed by atoms with van der Waals surface area (Å²) in [6.45, 7) is 3.96. The number of nitrogens with two attached hydrogens (primary N) is 1. The lowest BCUT2D eigenvalue weighted by atomic mass is 9.71. The average molecular weight is 355 g/mol. The molecular weight excluding hydrogens is 324 g/mol. The van der Waals surface area contributed by atoms with E-state index < -0.39 is 9.84 Å². The van der Waals surface area contributed by atoms with Crippen molar-refractivity contribution in [3.63, 3.8) is 0 Å². The summed E-state index contributed by atoms with van der Waals surface area (Å²) in [5, 5.41) is 0. The van der Waals surface area contributed by atoms with Crippen molar-refractivity contribution in [3.8, 4) is 0 Å². The van der Waals surface area contributed by atoms with E-state index in [0.29, 0.717) is 13.0 Å². The van der Waals surface area contributed by atoms with Gasteiger partial charge in [0.05, 0.1) is 5.75 Å². The van der Waals surface area contributed by atoms with Crippen molar-refractivity contribution in [2.24, 2.45) is 11.1 Å². The molecule has 0 spiro atoms. The first kappa shape index (κ1) is 21.7. The van der Waals surface area contributed by atoms with Crippen LogP contribution in [-0.2, 0) is 14.6 Å². The Balaban J connectivity index is 0.00000441. The number of carbonyl (C=O) groups excluding carboxylic acids is 1. The molecule has 1 saturated carbocycles. The SMILES string of the molecule is CCS(=O)(=O)CC(C)N(C)C(=O)CC1(CN)CCCCC1.Cl. The molecule has 5 nitrogen and oxygen atoms in total. The molecule has 7 heteroatoms. The first-order valence-electron chi connectivity index (χ1n) is 7.91. The minimum atomic E-state index is -3.07. The van der Waals surface area contributed by atoms with E-state index in [9.17, 15) is 13.2 Å². The van der Waals surface area contributed by atoms with Crippen LogP contribution < -0.4 is 5.73 Å². The van der Waals surface area contributed by atoms with Gasteiger partial charge in [-0.05, 0) is 31.7 Å². The number of hydrogen-bond donors (Lipinski definition) is 1. The quantitative estimate of drug-likeness (QED) is 0.758. The number of amides is 1. The summed E-state index contributed by atoms with van der Waals surface area (Å²) in [7, 11) is -1.37. The van der Waals surface area contributed by atoms with Gasteiger partial charge in [-0.2, -0.15) is 0 Å². The Labute approximate surface area is 141 Å². The molecule has 0 saturated heterocycles. The van der Waals surface area contributed by atoms with Crippen LogP contribution in [0.25, 0.3) is 0 Å². The molecule has 22 heavy (non-hydrogen) atoms. The maximum atomic E-state index is 12.5. The topological polar surface area (TPSA) is 80.5 Å². The van der Waals surface area contributed by atoms with Crippen LogP contribution in [-0.4, -0.2) is 50.4 Å². The highest BCUT2D eigenvalue weighted by atomic mass is 35.5. The second-order valence-electron chi connectivity index (χ2n) is 6.49. The van der Waals surface area contributed by atoms with Gasteiger partial charge in [0.25, 0.3) is 0 Å². The Kier molecular flexibility index (Phi) is 8.95. The van der Waals surface area contributed by atoms with E-state index in [1.165, 1.54) is 6.42 Å². The van der Waals surface area contributed by atoms with Crippen LogP contribution >= 0.6 is 12.4 Å². The fourth-order valence-electron chi connectivity index (χ4n) is 3.04. The van der Waals surface area contributed by atoms with Crippen molar-refractivity contribution in [1.29, 1.82) is 0 Å². The molecule has 1 fully saturated rings. The molecule has 1 atom stereocenters. The van der Waals surface area contributed by atoms with Crippen LogP contribution in [0.1, 0.15) is 52.4 Å². The summed E-state index contributed by atoms with van der Waals surface area (Å²) in [5.74, 6) is 0.161. The van der Waals surface area contributed by atoms with Gasteiger partial charge in [-0.15, -0.1) is 12.4 Å². The third kappa shape index (κ3) is 6.05. The summed E-state index contributed by atoms with van der Waals surface area (Å²) >= 11 is 0. The van der Waals surface area contributed by atoms with Crippen molar-refractivity contribution in [2.75, 3.05) is 25.1 Å². The molecule has 1 aliphatic carbocycles. The number of hydrogen-bond acceptors (Lipinski definition) is 4. The number of halogens is 1. The van der Waals surface area contributed by atoms with Gasteiger partial charge in [0.1, 0.15) is 0 Å². The smallest absolute Gasteiger partial charge is 0.223 e. The Morgan fingerprint density at radius 2 is 1.82 bits per heavy atom. The lowest BCUT2D eigenvalue weighted by Crippen LogP contribution is -2.44. The van der Waals surface area contributed by atoms with E-state index in [1.807, 2.05) is 0 Å². The summed E-state index contributed by atoms with van der Waals surface area (Å²) in [6.07, 6.45) is 5.94. The standard InChI is InChI=1S/C15H30N2O3S.ClH/c1-4-21(19,20)11-13(2)17(3)14(18)10-15(12-16)8-6-5-7-9-15;/h13H,4-12,16H2,1-3H3;1H. The van der Waals surface area contributed by atoms with E-state index in [1.54, 1.807) is 25.8 Å². The lowest BCUT2D eigenvalue weighted by molar-refractivity contribution is -0.134. The Hall–Kier alpha value is -0.330. The van der Waals surface area contributed by atoms with Gasteiger partial charge in [-0.1, -0.05) is 26.2 Å². The van der Waals surface area contributed by atoms with E-state index in [0.717, 1.165) is 25.7 Å². The van der Waals surface area contributed by atoms with E-state index in [2.05, 4.69) is 0 Å². The predicted molar refractivity (Wildman–Crippen MR) is 93.0 cm³/mol. The molecule has 0 aliphatic heterocycles. The number of carbonyl (C=O) groups is 1. The van der Waals surface area contributed by atoms with E-state index in [-0.39, 0.29) is 41.3 Å². The summed E-state index contributed by atoms with van der Waals surface area (Å²) in [4.78, 5) is 14.0. The molecule has 1 unspecified atom stereocenters. The molecule has 1 rings (SSSR count). The van der Waals surface area contributed by atoms with Gasteiger partial charge in [-0.25, -0.2) is 8.42 Å². The van der Waals surface area contributed by atoms with Gasteiger partial charge >= 0.3 is 0 Å². The zero-order valence-electron chi connectivity index (χ0n) is 14.0. The van der Waals surface area contributed by atoms with Crippen molar-refractivity contribution >= 4 is 28.2 Å². The molecule has 132 valence electrons.